The van der Waals surface area contributed by atoms with Gasteiger partial charge in [0.05, 0.1) is 17.9 Å². The summed E-state index contributed by atoms with van der Waals surface area (Å²) in [7, 11) is 0. The van der Waals surface area contributed by atoms with E-state index in [2.05, 4.69) is 15.9 Å². The van der Waals surface area contributed by atoms with Crippen LogP contribution < -0.4 is 5.73 Å². The number of hydrogen-bond donors (Lipinski definition) is 2. The fourth-order valence-corrected chi connectivity index (χ4v) is 1.63. The second-order valence-corrected chi connectivity index (χ2v) is 3.83. The van der Waals surface area contributed by atoms with Crippen LogP contribution in [0.1, 0.15) is 22.8 Å². The molecule has 0 aliphatic carbocycles. The van der Waals surface area contributed by atoms with Crippen molar-refractivity contribution in [2.24, 2.45) is 0 Å². The van der Waals surface area contributed by atoms with Gasteiger partial charge in [-0.25, -0.2) is 4.79 Å². The lowest BCUT2D eigenvalue weighted by Crippen LogP contribution is -2.04. The molecule has 15 heavy (non-hydrogen) atoms. The van der Waals surface area contributed by atoms with Crippen LogP contribution in [0.25, 0.3) is 0 Å². The molecule has 1 aromatic rings. The van der Waals surface area contributed by atoms with Crippen molar-refractivity contribution in [1.29, 1.82) is 0 Å². The summed E-state index contributed by atoms with van der Waals surface area (Å²) >= 11 is 3.21. The molecule has 1 rings (SSSR count). The van der Waals surface area contributed by atoms with Crippen molar-refractivity contribution in [2.45, 2.75) is 13.5 Å². The van der Waals surface area contributed by atoms with E-state index >= 15 is 0 Å². The van der Waals surface area contributed by atoms with Crippen molar-refractivity contribution in [2.75, 3.05) is 12.3 Å². The van der Waals surface area contributed by atoms with E-state index in [1.807, 2.05) is 6.92 Å². The van der Waals surface area contributed by atoms with E-state index in [0.29, 0.717) is 28.9 Å². The average Bonchev–Trinajstić information content (AvgIpc) is 2.19. The molecule has 1 aromatic carbocycles. The van der Waals surface area contributed by atoms with Crippen molar-refractivity contribution in [3.05, 3.63) is 27.7 Å². The molecule has 0 saturated heterocycles. The van der Waals surface area contributed by atoms with E-state index < -0.39 is 5.97 Å². The first-order chi connectivity index (χ1) is 7.06. The molecule has 4 nitrogen and oxygen atoms in total. The van der Waals surface area contributed by atoms with Crippen molar-refractivity contribution >= 4 is 27.6 Å². The third-order valence-electron chi connectivity index (χ3n) is 1.92. The van der Waals surface area contributed by atoms with E-state index in [-0.39, 0.29) is 5.56 Å². The number of hydrogen-bond acceptors (Lipinski definition) is 3. The minimum atomic E-state index is -0.978. The van der Waals surface area contributed by atoms with Crippen LogP contribution in [0.5, 0.6) is 0 Å². The van der Waals surface area contributed by atoms with E-state index in [0.717, 1.165) is 0 Å². The van der Waals surface area contributed by atoms with Crippen molar-refractivity contribution in [1.82, 2.24) is 0 Å². The predicted octanol–water partition coefficient (Wildman–Crippen LogP) is 2.27. The molecule has 0 spiro atoms. The van der Waals surface area contributed by atoms with Gasteiger partial charge in [-0.3, -0.25) is 0 Å². The smallest absolute Gasteiger partial charge is 0.335 e. The minimum absolute atomic E-state index is 0.200. The van der Waals surface area contributed by atoms with E-state index in [1.165, 1.54) is 12.1 Å². The Morgan fingerprint density at radius 2 is 2.27 bits per heavy atom. The first-order valence-corrected chi connectivity index (χ1v) is 5.24. The summed E-state index contributed by atoms with van der Waals surface area (Å²) in [6.07, 6.45) is 0. The number of rotatable bonds is 4. The Balaban J connectivity index is 3.07. The number of aromatic carboxylic acids is 1. The SMILES string of the molecule is CCOCc1cc(C(=O)O)cc(Br)c1N. The lowest BCUT2D eigenvalue weighted by atomic mass is 10.1. The first-order valence-electron chi connectivity index (χ1n) is 4.45. The molecule has 0 radical (unpaired) electrons. The third-order valence-corrected chi connectivity index (χ3v) is 2.58. The number of carboxylic acids is 1. The average molecular weight is 274 g/mol. The highest BCUT2D eigenvalue weighted by Gasteiger charge is 2.10. The summed E-state index contributed by atoms with van der Waals surface area (Å²) in [6.45, 7) is 2.75. The van der Waals surface area contributed by atoms with Crippen LogP contribution in [0.2, 0.25) is 0 Å². The highest BCUT2D eigenvalue weighted by atomic mass is 79.9. The van der Waals surface area contributed by atoms with Gasteiger partial charge in [-0.1, -0.05) is 0 Å². The van der Waals surface area contributed by atoms with Crippen molar-refractivity contribution in [3.8, 4) is 0 Å². The Hall–Kier alpha value is -1.07. The van der Waals surface area contributed by atoms with E-state index in [1.54, 1.807) is 0 Å². The fourth-order valence-electron chi connectivity index (χ4n) is 1.13. The third kappa shape index (κ3) is 2.94. The van der Waals surface area contributed by atoms with Gasteiger partial charge in [0.2, 0.25) is 0 Å². The second-order valence-electron chi connectivity index (χ2n) is 2.97. The van der Waals surface area contributed by atoms with Crippen LogP contribution in [0.15, 0.2) is 16.6 Å². The molecule has 82 valence electrons. The number of benzene rings is 1. The number of nitrogen functional groups attached to an aromatic ring is 1. The van der Waals surface area contributed by atoms with Crippen molar-refractivity contribution in [3.63, 3.8) is 0 Å². The summed E-state index contributed by atoms with van der Waals surface area (Å²) in [5.74, 6) is -0.978. The minimum Gasteiger partial charge on any atom is -0.478 e. The molecule has 0 fully saturated rings. The fraction of sp³-hybridized carbons (Fsp3) is 0.300. The Bertz CT molecular complexity index is 379. The molecule has 0 heterocycles. The standard InChI is InChI=1S/C10H12BrNO3/c1-2-15-5-7-3-6(10(13)14)4-8(11)9(7)12/h3-4H,2,5,12H2,1H3,(H,13,14). The van der Waals surface area contributed by atoms with Gasteiger partial charge in [-0.2, -0.15) is 0 Å². The zero-order valence-corrected chi connectivity index (χ0v) is 9.87. The Labute approximate surface area is 96.2 Å². The van der Waals surface area contributed by atoms with Crippen LogP contribution in [-0.4, -0.2) is 17.7 Å². The van der Waals surface area contributed by atoms with Gasteiger partial charge in [0.15, 0.2) is 0 Å². The van der Waals surface area contributed by atoms with E-state index in [4.69, 9.17) is 15.6 Å². The summed E-state index contributed by atoms with van der Waals surface area (Å²) in [5, 5.41) is 8.85. The lowest BCUT2D eigenvalue weighted by molar-refractivity contribution is 0.0696. The summed E-state index contributed by atoms with van der Waals surface area (Å²) in [5.41, 5.74) is 7.18. The van der Waals surface area contributed by atoms with Gasteiger partial charge in [0.1, 0.15) is 0 Å². The van der Waals surface area contributed by atoms with Gasteiger partial charge in [-0.05, 0) is 35.0 Å². The van der Waals surface area contributed by atoms with E-state index in [9.17, 15) is 4.79 Å². The number of carbonyl (C=O) groups is 1. The molecule has 0 atom stereocenters. The number of anilines is 1. The van der Waals surface area contributed by atoms with Gasteiger partial charge in [0, 0.05) is 16.6 Å². The Morgan fingerprint density at radius 1 is 1.60 bits per heavy atom. The zero-order chi connectivity index (χ0) is 11.4. The normalized spacial score (nSPS) is 10.3. The molecule has 0 saturated carbocycles. The number of halogens is 1. The topological polar surface area (TPSA) is 72.5 Å². The summed E-state index contributed by atoms with van der Waals surface area (Å²) < 4.78 is 5.78. The highest BCUT2D eigenvalue weighted by Crippen LogP contribution is 2.26. The van der Waals surface area contributed by atoms with Crippen LogP contribution in [-0.2, 0) is 11.3 Å². The Kier molecular flexibility index (Phi) is 4.11. The number of ether oxygens (including phenoxy) is 1. The second kappa shape index (κ2) is 5.14. The Morgan fingerprint density at radius 3 is 2.80 bits per heavy atom. The maximum Gasteiger partial charge on any atom is 0.335 e. The molecule has 5 heteroatoms. The van der Waals surface area contributed by atoms with Crippen LogP contribution in [0, 0.1) is 0 Å². The molecule has 3 N–H and O–H groups in total. The van der Waals surface area contributed by atoms with Gasteiger partial charge < -0.3 is 15.6 Å². The monoisotopic (exact) mass is 273 g/mol. The molecule has 0 aliphatic heterocycles. The molecular formula is C10H12BrNO3. The maximum atomic E-state index is 10.8. The number of carboxylic acid groups (broad SMARTS) is 1. The van der Waals surface area contributed by atoms with Gasteiger partial charge >= 0.3 is 5.97 Å². The predicted molar refractivity (Wildman–Crippen MR) is 60.8 cm³/mol. The first kappa shape index (κ1) is 12.0. The van der Waals surface area contributed by atoms with Crippen LogP contribution in [0.3, 0.4) is 0 Å². The lowest BCUT2D eigenvalue weighted by Gasteiger charge is -2.09. The van der Waals surface area contributed by atoms with Crippen LogP contribution >= 0.6 is 15.9 Å². The summed E-state index contributed by atoms with van der Waals surface area (Å²) in [6, 6.07) is 3.01. The van der Waals surface area contributed by atoms with Gasteiger partial charge in [-0.15, -0.1) is 0 Å². The largest absolute Gasteiger partial charge is 0.478 e. The summed E-state index contributed by atoms with van der Waals surface area (Å²) in [4.78, 5) is 10.8. The molecular weight excluding hydrogens is 262 g/mol. The number of nitrogens with two attached hydrogens (primary N) is 1. The highest BCUT2D eigenvalue weighted by molar-refractivity contribution is 9.10. The van der Waals surface area contributed by atoms with Gasteiger partial charge in [0.25, 0.3) is 0 Å². The zero-order valence-electron chi connectivity index (χ0n) is 8.29. The molecule has 0 aromatic heterocycles. The van der Waals surface area contributed by atoms with Crippen LogP contribution in [0.4, 0.5) is 5.69 Å². The molecule has 0 aliphatic rings. The maximum absolute atomic E-state index is 10.8. The molecule has 0 bridgehead atoms. The molecule has 0 amide bonds. The quantitative estimate of drug-likeness (QED) is 0.826. The van der Waals surface area contributed by atoms with Crippen molar-refractivity contribution < 1.29 is 14.6 Å². The molecule has 0 unspecified atom stereocenters.